The Labute approximate surface area is 202 Å². The van der Waals surface area contributed by atoms with Crippen LogP contribution in [-0.2, 0) is 36.7 Å². The summed E-state index contributed by atoms with van der Waals surface area (Å²) in [4.78, 5) is 34.6. The number of hydrogen-bond acceptors (Lipinski definition) is 5. The third-order valence-corrected chi connectivity index (χ3v) is 5.28. The van der Waals surface area contributed by atoms with Gasteiger partial charge in [-0.15, -0.1) is 0 Å². The fourth-order valence-electron chi connectivity index (χ4n) is 3.44. The van der Waals surface area contributed by atoms with Gasteiger partial charge in [0.25, 0.3) is 0 Å². The van der Waals surface area contributed by atoms with Gasteiger partial charge in [-0.2, -0.15) is 0 Å². The minimum Gasteiger partial charge on any atom is -0.463 e. The number of ether oxygens (including phenoxy) is 2. The summed E-state index contributed by atoms with van der Waals surface area (Å²) in [6.07, 6.45) is 2.72. The lowest BCUT2D eigenvalue weighted by atomic mass is 9.92. The van der Waals surface area contributed by atoms with Gasteiger partial charge in [0, 0.05) is 32.8 Å². The van der Waals surface area contributed by atoms with Crippen LogP contribution in [0.1, 0.15) is 55.9 Å². The van der Waals surface area contributed by atoms with Crippen LogP contribution in [0.15, 0.2) is 48.5 Å². The van der Waals surface area contributed by atoms with Crippen LogP contribution in [0.25, 0.3) is 0 Å². The van der Waals surface area contributed by atoms with E-state index in [1.807, 2.05) is 24.3 Å². The molecule has 0 fully saturated rings. The fourth-order valence-corrected chi connectivity index (χ4v) is 3.44. The first-order valence-corrected chi connectivity index (χ1v) is 11.4. The van der Waals surface area contributed by atoms with Crippen molar-refractivity contribution < 1.29 is 23.9 Å². The Kier molecular flexibility index (Phi) is 10.3. The fraction of sp³-hybridized carbons (Fsp3) is 0.393. The highest BCUT2D eigenvalue weighted by atomic mass is 16.5. The van der Waals surface area contributed by atoms with Crippen LogP contribution >= 0.6 is 0 Å². The van der Waals surface area contributed by atoms with E-state index in [-0.39, 0.29) is 19.1 Å². The molecule has 0 atom stereocenters. The lowest BCUT2D eigenvalue weighted by molar-refractivity contribution is -0.150. The molecule has 0 bridgehead atoms. The number of aryl methyl sites for hydroxylation is 3. The second kappa shape index (κ2) is 13.2. The summed E-state index contributed by atoms with van der Waals surface area (Å²) in [5.74, 6) is 5.18. The first kappa shape index (κ1) is 26.7. The SMILES string of the molecule is CC(=O)NC(CCc1ccc(C#CCCc2ccc(C)cc2)cc1)(COC(C)=O)COC(C)=O. The van der Waals surface area contributed by atoms with Crippen molar-refractivity contribution in [3.63, 3.8) is 0 Å². The van der Waals surface area contributed by atoms with Crippen LogP contribution in [0.4, 0.5) is 0 Å². The Balaban J connectivity index is 2.00. The Morgan fingerprint density at radius 2 is 1.35 bits per heavy atom. The average Bonchev–Trinajstić information content (AvgIpc) is 2.79. The molecule has 1 N–H and O–H groups in total. The molecule has 0 saturated heterocycles. The van der Waals surface area contributed by atoms with Gasteiger partial charge in [0.2, 0.25) is 5.91 Å². The Bertz CT molecular complexity index is 1010. The van der Waals surface area contributed by atoms with Gasteiger partial charge in [-0.25, -0.2) is 0 Å². The first-order valence-electron chi connectivity index (χ1n) is 11.4. The molecule has 34 heavy (non-hydrogen) atoms. The molecule has 180 valence electrons. The molecule has 0 heterocycles. The van der Waals surface area contributed by atoms with Crippen molar-refractivity contribution in [2.24, 2.45) is 0 Å². The van der Waals surface area contributed by atoms with Gasteiger partial charge in [0.05, 0.1) is 0 Å². The van der Waals surface area contributed by atoms with Crippen LogP contribution in [0.2, 0.25) is 0 Å². The third-order valence-electron chi connectivity index (χ3n) is 5.28. The second-order valence-electron chi connectivity index (χ2n) is 8.51. The van der Waals surface area contributed by atoms with Gasteiger partial charge in [-0.05, 0) is 49.4 Å². The molecule has 2 aromatic carbocycles. The van der Waals surface area contributed by atoms with Crippen molar-refractivity contribution in [1.29, 1.82) is 0 Å². The highest BCUT2D eigenvalue weighted by Gasteiger charge is 2.34. The molecule has 1 amide bonds. The van der Waals surface area contributed by atoms with Gasteiger partial charge in [0.1, 0.15) is 18.8 Å². The van der Waals surface area contributed by atoms with E-state index in [0.717, 1.165) is 24.0 Å². The Morgan fingerprint density at radius 1 is 0.824 bits per heavy atom. The summed E-state index contributed by atoms with van der Waals surface area (Å²) in [7, 11) is 0. The minimum absolute atomic E-state index is 0.0836. The largest absolute Gasteiger partial charge is 0.463 e. The molecule has 6 heteroatoms. The van der Waals surface area contributed by atoms with Crippen LogP contribution < -0.4 is 5.32 Å². The van der Waals surface area contributed by atoms with Crippen molar-refractivity contribution in [2.45, 2.75) is 58.9 Å². The zero-order chi connectivity index (χ0) is 25.0. The van der Waals surface area contributed by atoms with E-state index < -0.39 is 17.5 Å². The smallest absolute Gasteiger partial charge is 0.302 e. The molecule has 0 aliphatic rings. The average molecular weight is 464 g/mol. The van der Waals surface area contributed by atoms with E-state index in [4.69, 9.17) is 9.47 Å². The molecule has 2 aromatic rings. The van der Waals surface area contributed by atoms with E-state index in [9.17, 15) is 14.4 Å². The van der Waals surface area contributed by atoms with Crippen molar-refractivity contribution in [3.8, 4) is 11.8 Å². The lowest BCUT2D eigenvalue weighted by Crippen LogP contribution is -2.55. The summed E-state index contributed by atoms with van der Waals surface area (Å²) >= 11 is 0. The monoisotopic (exact) mass is 463 g/mol. The normalized spacial score (nSPS) is 10.6. The number of esters is 2. The van der Waals surface area contributed by atoms with Crippen molar-refractivity contribution in [3.05, 3.63) is 70.8 Å². The molecule has 0 aliphatic carbocycles. The minimum atomic E-state index is -1.00. The van der Waals surface area contributed by atoms with E-state index in [2.05, 4.69) is 48.3 Å². The quantitative estimate of drug-likeness (QED) is 0.427. The summed E-state index contributed by atoms with van der Waals surface area (Å²) in [6, 6.07) is 16.4. The summed E-state index contributed by atoms with van der Waals surface area (Å²) < 4.78 is 10.4. The topological polar surface area (TPSA) is 81.7 Å². The molecule has 0 aliphatic heterocycles. The van der Waals surface area contributed by atoms with Crippen molar-refractivity contribution in [1.82, 2.24) is 5.32 Å². The lowest BCUT2D eigenvalue weighted by Gasteiger charge is -2.33. The molecule has 0 aromatic heterocycles. The molecule has 0 spiro atoms. The second-order valence-corrected chi connectivity index (χ2v) is 8.51. The maximum Gasteiger partial charge on any atom is 0.302 e. The highest BCUT2D eigenvalue weighted by molar-refractivity contribution is 5.74. The number of carbonyl (C=O) groups is 3. The van der Waals surface area contributed by atoms with Crippen molar-refractivity contribution in [2.75, 3.05) is 13.2 Å². The van der Waals surface area contributed by atoms with E-state index >= 15 is 0 Å². The maximum absolute atomic E-state index is 11.8. The van der Waals surface area contributed by atoms with Crippen LogP contribution in [0.5, 0.6) is 0 Å². The molecular weight excluding hydrogens is 430 g/mol. The van der Waals surface area contributed by atoms with Crippen LogP contribution in [0.3, 0.4) is 0 Å². The number of rotatable bonds is 10. The predicted octanol–water partition coefficient (Wildman–Crippen LogP) is 3.91. The number of amides is 1. The Hall–Kier alpha value is -3.59. The number of nitrogens with one attached hydrogen (secondary N) is 1. The molecule has 6 nitrogen and oxygen atoms in total. The molecule has 2 rings (SSSR count). The predicted molar refractivity (Wildman–Crippen MR) is 131 cm³/mol. The number of carbonyl (C=O) groups excluding carboxylic acids is 3. The van der Waals surface area contributed by atoms with Gasteiger partial charge < -0.3 is 14.8 Å². The van der Waals surface area contributed by atoms with Gasteiger partial charge >= 0.3 is 11.9 Å². The zero-order valence-corrected chi connectivity index (χ0v) is 20.4. The molecule has 0 radical (unpaired) electrons. The van der Waals surface area contributed by atoms with Crippen molar-refractivity contribution >= 4 is 17.8 Å². The summed E-state index contributed by atoms with van der Waals surface area (Å²) in [5.41, 5.74) is 3.49. The molecule has 0 unspecified atom stereocenters. The maximum atomic E-state index is 11.8. The van der Waals surface area contributed by atoms with Gasteiger partial charge in [0.15, 0.2) is 0 Å². The Morgan fingerprint density at radius 3 is 1.88 bits per heavy atom. The molecular formula is C28H33NO5. The third kappa shape index (κ3) is 9.91. The zero-order valence-electron chi connectivity index (χ0n) is 20.4. The first-order chi connectivity index (χ1) is 16.2. The van der Waals surface area contributed by atoms with E-state index in [0.29, 0.717) is 12.8 Å². The highest BCUT2D eigenvalue weighted by Crippen LogP contribution is 2.18. The van der Waals surface area contributed by atoms with Crippen LogP contribution in [-0.4, -0.2) is 36.6 Å². The number of hydrogen-bond donors (Lipinski definition) is 1. The van der Waals surface area contributed by atoms with E-state index in [1.54, 1.807) is 0 Å². The summed E-state index contributed by atoms with van der Waals surface area (Å²) in [5, 5.41) is 2.82. The van der Waals surface area contributed by atoms with Crippen LogP contribution in [0, 0.1) is 18.8 Å². The summed E-state index contributed by atoms with van der Waals surface area (Å²) in [6.45, 7) is 5.88. The standard InChI is InChI=1S/C28H33NO5/c1-21-9-11-25(12-10-21)7-5-6-8-26-13-15-27(16-14-26)17-18-28(29-22(2)30,19-33-23(3)31)20-34-24(4)32/h9-16H,5,7,17-20H2,1-4H3,(H,29,30). The van der Waals surface area contributed by atoms with Gasteiger partial charge in [-0.3, -0.25) is 14.4 Å². The van der Waals surface area contributed by atoms with E-state index in [1.165, 1.54) is 31.9 Å². The van der Waals surface area contributed by atoms with Gasteiger partial charge in [-0.1, -0.05) is 53.8 Å². The molecule has 0 saturated carbocycles. The number of benzene rings is 2.